The largest absolute Gasteiger partial charge is 0.497 e. The number of hydrogen-bond acceptors (Lipinski definition) is 6. The van der Waals surface area contributed by atoms with Crippen molar-refractivity contribution >= 4 is 44.5 Å². The molecule has 0 aliphatic heterocycles. The van der Waals surface area contributed by atoms with Gasteiger partial charge in [0.05, 0.1) is 18.5 Å². The Balaban J connectivity index is 1.66. The molecule has 0 saturated carbocycles. The van der Waals surface area contributed by atoms with Crippen LogP contribution >= 0.6 is 11.3 Å². The first-order valence-electron chi connectivity index (χ1n) is 11.5. The van der Waals surface area contributed by atoms with E-state index >= 15 is 0 Å². The fourth-order valence-corrected chi connectivity index (χ4v) is 5.09. The van der Waals surface area contributed by atoms with Gasteiger partial charge < -0.3 is 20.7 Å². The van der Waals surface area contributed by atoms with Crippen molar-refractivity contribution in [1.82, 2.24) is 4.98 Å². The zero-order valence-corrected chi connectivity index (χ0v) is 21.1. The summed E-state index contributed by atoms with van der Waals surface area (Å²) in [7, 11) is 5.66. The maximum atomic E-state index is 13.2. The van der Waals surface area contributed by atoms with Crippen LogP contribution < -0.4 is 20.7 Å². The number of carbonyl (C=O) groups excluding carboxylic acids is 1. The smallest absolute Gasteiger partial charge is 0.267 e. The number of anilines is 3. The highest BCUT2D eigenvalue weighted by Gasteiger charge is 2.22. The first-order chi connectivity index (χ1) is 17.4. The van der Waals surface area contributed by atoms with Gasteiger partial charge in [-0.15, -0.1) is 11.3 Å². The van der Waals surface area contributed by atoms with E-state index in [0.717, 1.165) is 39.2 Å². The van der Waals surface area contributed by atoms with Crippen LogP contribution in [0.15, 0.2) is 84.9 Å². The number of methoxy groups -OCH3 is 1. The molecule has 180 valence electrons. The average Bonchev–Trinajstić information content (AvgIpc) is 3.25. The van der Waals surface area contributed by atoms with Gasteiger partial charge in [0.1, 0.15) is 15.5 Å². The van der Waals surface area contributed by atoms with Gasteiger partial charge in [0.25, 0.3) is 5.91 Å². The lowest BCUT2D eigenvalue weighted by Crippen LogP contribution is -2.11. The van der Waals surface area contributed by atoms with Crippen molar-refractivity contribution < 1.29 is 9.53 Å². The third-order valence-corrected chi connectivity index (χ3v) is 7.12. The summed E-state index contributed by atoms with van der Waals surface area (Å²) in [6.07, 6.45) is 0. The predicted octanol–water partition coefficient (Wildman–Crippen LogP) is 6.54. The van der Waals surface area contributed by atoms with E-state index in [-0.39, 0.29) is 5.91 Å². The van der Waals surface area contributed by atoms with E-state index in [1.165, 1.54) is 11.3 Å². The van der Waals surface area contributed by atoms with Gasteiger partial charge in [-0.05, 0) is 65.7 Å². The maximum Gasteiger partial charge on any atom is 0.267 e. The molecule has 3 N–H and O–H groups in total. The molecule has 5 rings (SSSR count). The van der Waals surface area contributed by atoms with E-state index in [9.17, 15) is 4.79 Å². The van der Waals surface area contributed by atoms with Gasteiger partial charge in [0, 0.05) is 36.4 Å². The molecule has 36 heavy (non-hydrogen) atoms. The average molecular weight is 495 g/mol. The summed E-state index contributed by atoms with van der Waals surface area (Å²) in [4.78, 5) is 21.3. The number of nitrogen functional groups attached to an aromatic ring is 1. The van der Waals surface area contributed by atoms with E-state index in [0.29, 0.717) is 21.1 Å². The highest BCUT2D eigenvalue weighted by atomic mass is 32.1. The molecule has 0 atom stereocenters. The molecule has 0 fully saturated rings. The Bertz CT molecular complexity index is 1530. The van der Waals surface area contributed by atoms with Gasteiger partial charge in [0.2, 0.25) is 0 Å². The van der Waals surface area contributed by atoms with E-state index < -0.39 is 0 Å². The van der Waals surface area contributed by atoms with Gasteiger partial charge in [0.15, 0.2) is 0 Å². The number of aromatic nitrogens is 1. The molecule has 7 heteroatoms. The Hall–Kier alpha value is -4.36. The van der Waals surface area contributed by atoms with Gasteiger partial charge in [-0.1, -0.05) is 30.3 Å². The van der Waals surface area contributed by atoms with Crippen molar-refractivity contribution in [3.05, 3.63) is 89.8 Å². The van der Waals surface area contributed by atoms with Crippen LogP contribution in [0, 0.1) is 0 Å². The van der Waals surface area contributed by atoms with Crippen molar-refractivity contribution in [2.75, 3.05) is 37.2 Å². The molecule has 6 nitrogen and oxygen atoms in total. The van der Waals surface area contributed by atoms with Crippen LogP contribution in [0.5, 0.6) is 5.75 Å². The molecule has 0 spiro atoms. The lowest BCUT2D eigenvalue weighted by Gasteiger charge is -2.14. The Labute approximate surface area is 214 Å². The van der Waals surface area contributed by atoms with Gasteiger partial charge in [-0.2, -0.15) is 0 Å². The third kappa shape index (κ3) is 4.48. The van der Waals surface area contributed by atoms with Crippen LogP contribution in [0.4, 0.5) is 17.1 Å². The molecular formula is C29H26N4O2S. The summed E-state index contributed by atoms with van der Waals surface area (Å²) in [5.74, 6) is 0.529. The fraction of sp³-hybridized carbons (Fsp3) is 0.103. The molecule has 3 aromatic carbocycles. The molecule has 0 bridgehead atoms. The van der Waals surface area contributed by atoms with Crippen LogP contribution in [-0.4, -0.2) is 32.1 Å². The summed E-state index contributed by atoms with van der Waals surface area (Å²) in [6.45, 7) is 0. The molecule has 0 aliphatic carbocycles. The lowest BCUT2D eigenvalue weighted by molar-refractivity contribution is 0.103. The Morgan fingerprint density at radius 3 is 2.25 bits per heavy atom. The van der Waals surface area contributed by atoms with E-state index in [1.807, 2.05) is 74.8 Å². The topological polar surface area (TPSA) is 80.5 Å². The fourth-order valence-electron chi connectivity index (χ4n) is 4.08. The minimum atomic E-state index is -0.249. The van der Waals surface area contributed by atoms with Crippen LogP contribution in [0.1, 0.15) is 9.67 Å². The standard InChI is InChI=1S/C29H26N4O2S/c1-33(2)21-13-9-18(10-14-21)23-17-24(19-11-15-22(35-3)16-12-19)32-29-25(23)26(30)27(36-29)28(34)31-20-7-5-4-6-8-20/h4-17H,30H2,1-3H3,(H,31,34). The van der Waals surface area contributed by atoms with Crippen LogP contribution in [0.2, 0.25) is 0 Å². The van der Waals surface area contributed by atoms with Crippen molar-refractivity contribution in [1.29, 1.82) is 0 Å². The van der Waals surface area contributed by atoms with Crippen molar-refractivity contribution in [3.63, 3.8) is 0 Å². The SMILES string of the molecule is COc1ccc(-c2cc(-c3ccc(N(C)C)cc3)c3c(N)c(C(=O)Nc4ccccc4)sc3n2)cc1. The van der Waals surface area contributed by atoms with Crippen molar-refractivity contribution in [2.24, 2.45) is 0 Å². The summed E-state index contributed by atoms with van der Waals surface area (Å²) in [5.41, 5.74) is 12.6. The number of amides is 1. The number of nitrogens with zero attached hydrogens (tertiary/aromatic N) is 2. The number of thiophene rings is 1. The number of ether oxygens (including phenoxy) is 1. The molecule has 0 saturated heterocycles. The van der Waals surface area contributed by atoms with Gasteiger partial charge in [-0.3, -0.25) is 4.79 Å². The molecule has 1 amide bonds. The molecule has 5 aromatic rings. The number of fused-ring (bicyclic) bond motifs is 1. The molecule has 2 heterocycles. The second-order valence-corrected chi connectivity index (χ2v) is 9.57. The Kier molecular flexibility index (Phi) is 6.31. The number of rotatable bonds is 6. The number of para-hydroxylation sites is 1. The monoisotopic (exact) mass is 494 g/mol. The zero-order chi connectivity index (χ0) is 25.2. The van der Waals surface area contributed by atoms with E-state index in [2.05, 4.69) is 34.5 Å². The molecular weight excluding hydrogens is 468 g/mol. The Morgan fingerprint density at radius 1 is 0.944 bits per heavy atom. The third-order valence-electron chi connectivity index (χ3n) is 6.02. The number of nitrogens with one attached hydrogen (secondary N) is 1. The van der Waals surface area contributed by atoms with Crippen molar-refractivity contribution in [3.8, 4) is 28.1 Å². The first kappa shape index (κ1) is 23.4. The summed E-state index contributed by atoms with van der Waals surface area (Å²) >= 11 is 1.30. The number of pyridine rings is 1. The summed E-state index contributed by atoms with van der Waals surface area (Å²) in [6, 6.07) is 27.5. The van der Waals surface area contributed by atoms with Gasteiger partial charge >= 0.3 is 0 Å². The maximum absolute atomic E-state index is 13.2. The summed E-state index contributed by atoms with van der Waals surface area (Å²) < 4.78 is 5.31. The molecule has 2 aromatic heterocycles. The second kappa shape index (κ2) is 9.71. The minimum Gasteiger partial charge on any atom is -0.497 e. The van der Waals surface area contributed by atoms with Crippen LogP contribution in [-0.2, 0) is 0 Å². The predicted molar refractivity (Wildman–Crippen MR) is 150 cm³/mol. The Morgan fingerprint density at radius 2 is 1.61 bits per heavy atom. The number of carbonyl (C=O) groups is 1. The van der Waals surface area contributed by atoms with E-state index in [1.54, 1.807) is 7.11 Å². The van der Waals surface area contributed by atoms with Crippen LogP contribution in [0.25, 0.3) is 32.6 Å². The molecule has 0 aliphatic rings. The van der Waals surface area contributed by atoms with Crippen molar-refractivity contribution in [2.45, 2.75) is 0 Å². The first-order valence-corrected chi connectivity index (χ1v) is 12.3. The normalized spacial score (nSPS) is 10.9. The minimum absolute atomic E-state index is 0.249. The van der Waals surface area contributed by atoms with Gasteiger partial charge in [-0.25, -0.2) is 4.98 Å². The molecule has 0 radical (unpaired) electrons. The highest BCUT2D eigenvalue weighted by molar-refractivity contribution is 7.21. The number of hydrogen-bond donors (Lipinski definition) is 2. The quantitative estimate of drug-likeness (QED) is 0.280. The molecule has 0 unspecified atom stereocenters. The highest BCUT2D eigenvalue weighted by Crippen LogP contribution is 2.42. The van der Waals surface area contributed by atoms with E-state index in [4.69, 9.17) is 15.5 Å². The summed E-state index contributed by atoms with van der Waals surface area (Å²) in [5, 5.41) is 3.73. The van der Waals surface area contributed by atoms with Crippen LogP contribution in [0.3, 0.4) is 0 Å². The lowest BCUT2D eigenvalue weighted by atomic mass is 9.99. The zero-order valence-electron chi connectivity index (χ0n) is 20.3. The number of benzene rings is 3. The number of nitrogens with two attached hydrogens (primary N) is 1. The second-order valence-electron chi connectivity index (χ2n) is 8.57.